The Morgan fingerprint density at radius 3 is 2.40 bits per heavy atom. The maximum atomic E-state index is 2.79. The van der Waals surface area contributed by atoms with Crippen molar-refractivity contribution in [3.63, 3.8) is 0 Å². The molecular formula is C17H33N3. The molecular weight excluding hydrogens is 246 g/mol. The lowest BCUT2D eigenvalue weighted by molar-refractivity contribution is -0.146. The topological polar surface area (TPSA) is 9.72 Å². The predicted octanol–water partition coefficient (Wildman–Crippen LogP) is 2.28. The first-order valence-corrected chi connectivity index (χ1v) is 8.75. The van der Waals surface area contributed by atoms with Crippen LogP contribution in [-0.4, -0.2) is 72.1 Å². The summed E-state index contributed by atoms with van der Waals surface area (Å²) in [5.74, 6) is 0. The van der Waals surface area contributed by atoms with Crippen molar-refractivity contribution >= 4 is 0 Å². The zero-order valence-electron chi connectivity index (χ0n) is 13.9. The summed E-state index contributed by atoms with van der Waals surface area (Å²) in [5.41, 5.74) is 0.689. The maximum Gasteiger partial charge on any atom is 0.0212 e. The second-order valence-corrected chi connectivity index (χ2v) is 7.97. The summed E-state index contributed by atoms with van der Waals surface area (Å²) >= 11 is 0. The Morgan fingerprint density at radius 1 is 1.15 bits per heavy atom. The fourth-order valence-electron chi connectivity index (χ4n) is 4.60. The smallest absolute Gasteiger partial charge is 0.0212 e. The number of rotatable bonds is 4. The summed E-state index contributed by atoms with van der Waals surface area (Å²) in [5, 5.41) is 0. The van der Waals surface area contributed by atoms with Gasteiger partial charge in [0.15, 0.2) is 0 Å². The molecule has 0 amide bonds. The Morgan fingerprint density at radius 2 is 1.85 bits per heavy atom. The van der Waals surface area contributed by atoms with Gasteiger partial charge < -0.3 is 4.90 Å². The highest BCUT2D eigenvalue weighted by Gasteiger charge is 2.53. The number of nitrogens with zero attached hydrogens (tertiary/aromatic N) is 3. The SMILES string of the molecule is CCCN1CCC(N2CC3(CN(C(C)C)C3)C2)C[C@@H]1C. The maximum absolute atomic E-state index is 2.79. The van der Waals surface area contributed by atoms with Crippen LogP contribution in [0.4, 0.5) is 0 Å². The van der Waals surface area contributed by atoms with Gasteiger partial charge in [-0.3, -0.25) is 9.80 Å². The summed E-state index contributed by atoms with van der Waals surface area (Å²) in [6.07, 6.45) is 4.09. The highest BCUT2D eigenvalue weighted by atomic mass is 15.3. The molecule has 3 heterocycles. The average molecular weight is 279 g/mol. The monoisotopic (exact) mass is 279 g/mol. The highest BCUT2D eigenvalue weighted by molar-refractivity contribution is 5.08. The quantitative estimate of drug-likeness (QED) is 0.782. The van der Waals surface area contributed by atoms with E-state index >= 15 is 0 Å². The third kappa shape index (κ3) is 2.65. The van der Waals surface area contributed by atoms with Crippen LogP contribution >= 0.6 is 0 Å². The predicted molar refractivity (Wildman–Crippen MR) is 85.1 cm³/mol. The first kappa shape index (κ1) is 14.8. The van der Waals surface area contributed by atoms with Crippen molar-refractivity contribution in [1.82, 2.24) is 14.7 Å². The molecule has 0 aromatic carbocycles. The van der Waals surface area contributed by atoms with Crippen molar-refractivity contribution in [2.75, 3.05) is 39.3 Å². The van der Waals surface area contributed by atoms with E-state index in [0.717, 1.165) is 18.1 Å². The molecule has 3 nitrogen and oxygen atoms in total. The van der Waals surface area contributed by atoms with Crippen molar-refractivity contribution in [3.8, 4) is 0 Å². The lowest BCUT2D eigenvalue weighted by Gasteiger charge is -2.64. The van der Waals surface area contributed by atoms with E-state index in [1.807, 2.05) is 0 Å². The van der Waals surface area contributed by atoms with Gasteiger partial charge in [0, 0.05) is 49.7 Å². The molecule has 2 atom stereocenters. The van der Waals surface area contributed by atoms with E-state index in [1.54, 1.807) is 0 Å². The summed E-state index contributed by atoms with van der Waals surface area (Å²) in [6.45, 7) is 17.5. The van der Waals surface area contributed by atoms with Gasteiger partial charge in [0.2, 0.25) is 0 Å². The Kier molecular flexibility index (Phi) is 4.13. The van der Waals surface area contributed by atoms with E-state index < -0.39 is 0 Å². The van der Waals surface area contributed by atoms with Crippen LogP contribution in [0.25, 0.3) is 0 Å². The molecule has 1 spiro atoms. The standard InChI is InChI=1S/C17H33N3/c1-5-7-18-8-6-16(9-15(18)4)20-12-17(13-20)10-19(11-17)14(2)3/h14-16H,5-13H2,1-4H3/t15-,16?/m0/s1. The van der Waals surface area contributed by atoms with Crippen LogP contribution in [0.15, 0.2) is 0 Å². The van der Waals surface area contributed by atoms with Gasteiger partial charge in [-0.15, -0.1) is 0 Å². The number of hydrogen-bond donors (Lipinski definition) is 0. The lowest BCUT2D eigenvalue weighted by Crippen LogP contribution is -2.74. The lowest BCUT2D eigenvalue weighted by atomic mass is 9.71. The van der Waals surface area contributed by atoms with Gasteiger partial charge >= 0.3 is 0 Å². The molecule has 116 valence electrons. The Labute approximate surface area is 125 Å². The van der Waals surface area contributed by atoms with Gasteiger partial charge in [-0.1, -0.05) is 6.92 Å². The molecule has 20 heavy (non-hydrogen) atoms. The van der Waals surface area contributed by atoms with E-state index in [1.165, 1.54) is 58.5 Å². The molecule has 3 fully saturated rings. The molecule has 0 saturated carbocycles. The van der Waals surface area contributed by atoms with Crippen LogP contribution in [0.1, 0.15) is 47.0 Å². The third-order valence-electron chi connectivity index (χ3n) is 5.90. The first-order chi connectivity index (χ1) is 9.53. The summed E-state index contributed by atoms with van der Waals surface area (Å²) in [4.78, 5) is 8.11. The van der Waals surface area contributed by atoms with Crippen molar-refractivity contribution < 1.29 is 0 Å². The van der Waals surface area contributed by atoms with Crippen molar-refractivity contribution in [2.24, 2.45) is 5.41 Å². The summed E-state index contributed by atoms with van der Waals surface area (Å²) in [7, 11) is 0. The second-order valence-electron chi connectivity index (χ2n) is 7.97. The number of likely N-dealkylation sites (tertiary alicyclic amines) is 3. The third-order valence-corrected chi connectivity index (χ3v) is 5.90. The molecule has 3 rings (SSSR count). The van der Waals surface area contributed by atoms with Crippen molar-refractivity contribution in [1.29, 1.82) is 0 Å². The van der Waals surface area contributed by atoms with Crippen molar-refractivity contribution in [3.05, 3.63) is 0 Å². The zero-order valence-corrected chi connectivity index (χ0v) is 13.9. The van der Waals surface area contributed by atoms with Gasteiger partial charge in [-0.05, 0) is 53.1 Å². The van der Waals surface area contributed by atoms with Crippen LogP contribution in [0.5, 0.6) is 0 Å². The van der Waals surface area contributed by atoms with Gasteiger partial charge in [-0.2, -0.15) is 0 Å². The minimum atomic E-state index is 0.689. The van der Waals surface area contributed by atoms with E-state index in [0.29, 0.717) is 5.41 Å². The van der Waals surface area contributed by atoms with E-state index in [4.69, 9.17) is 0 Å². The molecule has 0 aromatic rings. The van der Waals surface area contributed by atoms with E-state index in [2.05, 4.69) is 42.4 Å². The highest BCUT2D eigenvalue weighted by Crippen LogP contribution is 2.42. The molecule has 0 bridgehead atoms. The molecule has 0 aliphatic carbocycles. The van der Waals surface area contributed by atoms with Gasteiger partial charge in [0.1, 0.15) is 0 Å². The molecule has 1 unspecified atom stereocenters. The van der Waals surface area contributed by atoms with E-state index in [9.17, 15) is 0 Å². The van der Waals surface area contributed by atoms with Gasteiger partial charge in [-0.25, -0.2) is 0 Å². The molecule has 0 aromatic heterocycles. The van der Waals surface area contributed by atoms with E-state index in [-0.39, 0.29) is 0 Å². The largest absolute Gasteiger partial charge is 0.301 e. The molecule has 3 saturated heterocycles. The Hall–Kier alpha value is -0.120. The minimum absolute atomic E-state index is 0.689. The molecule has 0 radical (unpaired) electrons. The summed E-state index contributed by atoms with van der Waals surface area (Å²) < 4.78 is 0. The second kappa shape index (κ2) is 5.58. The van der Waals surface area contributed by atoms with Gasteiger partial charge in [0.05, 0.1) is 0 Å². The minimum Gasteiger partial charge on any atom is -0.301 e. The molecule has 0 N–H and O–H groups in total. The molecule has 3 aliphatic heterocycles. The number of hydrogen-bond acceptors (Lipinski definition) is 3. The fourth-order valence-corrected chi connectivity index (χ4v) is 4.60. The van der Waals surface area contributed by atoms with Gasteiger partial charge in [0.25, 0.3) is 0 Å². The summed E-state index contributed by atoms with van der Waals surface area (Å²) in [6, 6.07) is 2.41. The normalized spacial score (nSPS) is 35.2. The van der Waals surface area contributed by atoms with Crippen LogP contribution in [-0.2, 0) is 0 Å². The first-order valence-electron chi connectivity index (χ1n) is 8.75. The molecule has 3 heteroatoms. The van der Waals surface area contributed by atoms with Crippen LogP contribution < -0.4 is 0 Å². The van der Waals surface area contributed by atoms with Crippen LogP contribution in [0.2, 0.25) is 0 Å². The van der Waals surface area contributed by atoms with Crippen LogP contribution in [0, 0.1) is 5.41 Å². The van der Waals surface area contributed by atoms with Crippen LogP contribution in [0.3, 0.4) is 0 Å². The Bertz CT molecular complexity index is 327. The molecule has 3 aliphatic rings. The van der Waals surface area contributed by atoms with Crippen molar-refractivity contribution in [2.45, 2.75) is 65.1 Å². The zero-order chi connectivity index (χ0) is 14.3. The number of piperidine rings is 1. The fraction of sp³-hybridized carbons (Fsp3) is 1.00. The average Bonchev–Trinajstić information content (AvgIpc) is 2.28. The Balaban J connectivity index is 1.43.